The third kappa shape index (κ3) is 5.52. The van der Waals surface area contributed by atoms with E-state index in [9.17, 15) is 4.39 Å². The van der Waals surface area contributed by atoms with Gasteiger partial charge in [0.1, 0.15) is 5.82 Å². The highest BCUT2D eigenvalue weighted by molar-refractivity contribution is 6.06. The number of hydrogen-bond acceptors (Lipinski definition) is 5. The molecular formula is C48H30FN5. The fourth-order valence-electron chi connectivity index (χ4n) is 7.36. The van der Waals surface area contributed by atoms with Crippen LogP contribution in [-0.2, 0) is 0 Å². The van der Waals surface area contributed by atoms with Crippen LogP contribution < -0.4 is 0 Å². The minimum absolute atomic E-state index is 0.312. The van der Waals surface area contributed by atoms with E-state index in [2.05, 4.69) is 121 Å². The van der Waals surface area contributed by atoms with Crippen LogP contribution in [0.3, 0.4) is 0 Å². The lowest BCUT2D eigenvalue weighted by Crippen LogP contribution is -2.01. The van der Waals surface area contributed by atoms with Crippen molar-refractivity contribution in [1.82, 2.24) is 24.9 Å². The molecule has 10 rings (SSSR count). The Morgan fingerprint density at radius 1 is 0.407 bits per heavy atom. The van der Waals surface area contributed by atoms with E-state index < -0.39 is 0 Å². The van der Waals surface area contributed by atoms with Crippen molar-refractivity contribution >= 4 is 43.5 Å². The third-order valence-corrected chi connectivity index (χ3v) is 10.1. The van der Waals surface area contributed by atoms with Crippen molar-refractivity contribution in [2.24, 2.45) is 0 Å². The highest BCUT2D eigenvalue weighted by Crippen LogP contribution is 2.36. The minimum Gasteiger partial charge on any atom is -0.254 e. The molecule has 0 aliphatic rings. The Morgan fingerprint density at radius 2 is 0.944 bits per heavy atom. The van der Waals surface area contributed by atoms with E-state index in [1.165, 1.54) is 12.1 Å². The lowest BCUT2D eigenvalue weighted by atomic mass is 9.97. The molecule has 10 aromatic rings. The number of pyridine rings is 3. The number of fused-ring (bicyclic) bond motifs is 6. The number of hydrogen-bond donors (Lipinski definition) is 0. The number of nitrogens with zero attached hydrogens (tertiary/aromatic N) is 5. The van der Waals surface area contributed by atoms with Crippen LogP contribution in [0.4, 0.5) is 4.39 Å². The van der Waals surface area contributed by atoms with E-state index >= 15 is 0 Å². The summed E-state index contributed by atoms with van der Waals surface area (Å²) >= 11 is 0. The summed E-state index contributed by atoms with van der Waals surface area (Å²) in [6.07, 6.45) is 1.81. The molecule has 5 nitrogen and oxygen atoms in total. The van der Waals surface area contributed by atoms with E-state index in [-0.39, 0.29) is 5.82 Å². The van der Waals surface area contributed by atoms with Gasteiger partial charge in [-0.1, -0.05) is 103 Å². The molecule has 0 saturated carbocycles. The maximum atomic E-state index is 14.1. The molecule has 54 heavy (non-hydrogen) atoms. The molecule has 6 heteroatoms. The summed E-state index contributed by atoms with van der Waals surface area (Å²) in [5, 5.41) is 5.47. The SMILES string of the molecule is Cc1c(-c2cccc(-c3ccc4ccc5ccccc5c4n3)c2)nc(-c2ccc(F)cc2)nc1-c1cccc(-c2ccc3ccc4cccnc4c3n2)c1. The first-order chi connectivity index (χ1) is 26.6. The summed E-state index contributed by atoms with van der Waals surface area (Å²) in [5.74, 6) is 0.200. The Kier molecular flexibility index (Phi) is 7.47. The smallest absolute Gasteiger partial charge is 0.160 e. The standard InChI is InChI=1S/C48H30FN5/c1-29-43(37-10-4-8-35(27-37)41-24-20-32-15-14-30-7-2-3-13-40(30)45(32)51-41)53-48(34-18-22-39(49)23-19-34)54-44(29)38-11-5-9-36(28-38)42-25-21-33-17-16-31-12-6-26-50-46(31)47(33)52-42/h2-28H,1H3. The minimum atomic E-state index is -0.312. The lowest BCUT2D eigenvalue weighted by Gasteiger charge is -2.15. The Hall–Kier alpha value is -7.18. The molecule has 0 atom stereocenters. The van der Waals surface area contributed by atoms with Crippen LogP contribution in [0, 0.1) is 12.7 Å². The lowest BCUT2D eigenvalue weighted by molar-refractivity contribution is 0.628. The van der Waals surface area contributed by atoms with Crippen LogP contribution in [0.2, 0.25) is 0 Å². The average molecular weight is 696 g/mol. The van der Waals surface area contributed by atoms with Gasteiger partial charge in [-0.3, -0.25) is 4.98 Å². The monoisotopic (exact) mass is 695 g/mol. The van der Waals surface area contributed by atoms with Crippen molar-refractivity contribution in [3.05, 3.63) is 175 Å². The topological polar surface area (TPSA) is 64.5 Å². The number of benzene rings is 6. The van der Waals surface area contributed by atoms with Crippen LogP contribution in [0.15, 0.2) is 164 Å². The van der Waals surface area contributed by atoms with Crippen molar-refractivity contribution < 1.29 is 4.39 Å². The third-order valence-electron chi connectivity index (χ3n) is 10.1. The van der Waals surface area contributed by atoms with Crippen LogP contribution in [0.25, 0.3) is 99.9 Å². The van der Waals surface area contributed by atoms with Gasteiger partial charge in [-0.2, -0.15) is 0 Å². The molecule has 0 aliphatic heterocycles. The normalized spacial score (nSPS) is 11.5. The first kappa shape index (κ1) is 31.5. The zero-order chi connectivity index (χ0) is 36.2. The van der Waals surface area contributed by atoms with Gasteiger partial charge in [0.05, 0.1) is 39.3 Å². The number of rotatable bonds is 5. The molecule has 4 aromatic heterocycles. The highest BCUT2D eigenvalue weighted by Gasteiger charge is 2.18. The first-order valence-electron chi connectivity index (χ1n) is 17.8. The first-order valence-corrected chi connectivity index (χ1v) is 17.8. The van der Waals surface area contributed by atoms with Crippen LogP contribution >= 0.6 is 0 Å². The molecule has 0 radical (unpaired) electrons. The van der Waals surface area contributed by atoms with Gasteiger partial charge in [0.25, 0.3) is 0 Å². The Morgan fingerprint density at radius 3 is 1.63 bits per heavy atom. The van der Waals surface area contributed by atoms with Crippen molar-refractivity contribution in [3.63, 3.8) is 0 Å². The molecule has 0 N–H and O–H groups in total. The van der Waals surface area contributed by atoms with Crippen LogP contribution in [0.5, 0.6) is 0 Å². The van der Waals surface area contributed by atoms with Gasteiger partial charge in [-0.05, 0) is 66.9 Å². The highest BCUT2D eigenvalue weighted by atomic mass is 19.1. The quantitative estimate of drug-likeness (QED) is 0.168. The Bertz CT molecular complexity index is 2900. The summed E-state index contributed by atoms with van der Waals surface area (Å²) in [4.78, 5) is 25.2. The Labute approximate surface area is 310 Å². The van der Waals surface area contributed by atoms with E-state index in [1.807, 2.05) is 24.3 Å². The largest absolute Gasteiger partial charge is 0.254 e. The second-order valence-electron chi connectivity index (χ2n) is 13.5. The van der Waals surface area contributed by atoms with Crippen molar-refractivity contribution in [2.75, 3.05) is 0 Å². The van der Waals surface area contributed by atoms with E-state index in [1.54, 1.807) is 18.3 Å². The average Bonchev–Trinajstić information content (AvgIpc) is 3.23. The molecule has 0 amide bonds. The maximum absolute atomic E-state index is 14.1. The molecule has 0 bridgehead atoms. The van der Waals surface area contributed by atoms with Gasteiger partial charge < -0.3 is 0 Å². The molecule has 0 spiro atoms. The summed E-state index contributed by atoms with van der Waals surface area (Å²) < 4.78 is 14.1. The molecule has 0 aliphatic carbocycles. The summed E-state index contributed by atoms with van der Waals surface area (Å²) in [5.41, 5.74) is 11.5. The fourth-order valence-corrected chi connectivity index (χ4v) is 7.36. The molecular weight excluding hydrogens is 666 g/mol. The second-order valence-corrected chi connectivity index (χ2v) is 13.5. The fraction of sp³-hybridized carbons (Fsp3) is 0.0208. The zero-order valence-electron chi connectivity index (χ0n) is 29.2. The molecule has 0 saturated heterocycles. The molecule has 0 fully saturated rings. The van der Waals surface area contributed by atoms with E-state index in [0.29, 0.717) is 5.82 Å². The van der Waals surface area contributed by atoms with Gasteiger partial charge in [0, 0.05) is 61.1 Å². The van der Waals surface area contributed by atoms with Gasteiger partial charge in [-0.25, -0.2) is 24.3 Å². The number of halogens is 1. The molecule has 0 unspecified atom stereocenters. The molecule has 254 valence electrons. The van der Waals surface area contributed by atoms with Gasteiger partial charge >= 0.3 is 0 Å². The summed E-state index contributed by atoms with van der Waals surface area (Å²) in [6, 6.07) is 52.1. The van der Waals surface area contributed by atoms with Crippen molar-refractivity contribution in [2.45, 2.75) is 6.92 Å². The predicted octanol–water partition coefficient (Wildman–Crippen LogP) is 12.1. The van der Waals surface area contributed by atoms with Crippen LogP contribution in [-0.4, -0.2) is 24.9 Å². The van der Waals surface area contributed by atoms with Gasteiger partial charge in [0.2, 0.25) is 0 Å². The maximum Gasteiger partial charge on any atom is 0.160 e. The second kappa shape index (κ2) is 12.8. The Balaban J connectivity index is 1.11. The molecule has 6 aromatic carbocycles. The van der Waals surface area contributed by atoms with E-state index in [4.69, 9.17) is 19.9 Å². The van der Waals surface area contributed by atoms with Crippen molar-refractivity contribution in [1.29, 1.82) is 0 Å². The number of aromatic nitrogens is 5. The van der Waals surface area contributed by atoms with Crippen LogP contribution in [0.1, 0.15) is 5.56 Å². The van der Waals surface area contributed by atoms with Gasteiger partial charge in [-0.15, -0.1) is 0 Å². The zero-order valence-corrected chi connectivity index (χ0v) is 29.2. The predicted molar refractivity (Wildman–Crippen MR) is 217 cm³/mol. The summed E-state index contributed by atoms with van der Waals surface area (Å²) in [6.45, 7) is 2.06. The van der Waals surface area contributed by atoms with Gasteiger partial charge in [0.15, 0.2) is 5.82 Å². The molecule has 4 heterocycles. The van der Waals surface area contributed by atoms with Crippen molar-refractivity contribution in [3.8, 4) is 56.4 Å². The summed E-state index contributed by atoms with van der Waals surface area (Å²) in [7, 11) is 0. The van der Waals surface area contributed by atoms with E-state index in [0.717, 1.165) is 99.6 Å².